The number of hydrogen-bond acceptors (Lipinski definition) is 4. The Morgan fingerprint density at radius 1 is 1.82 bits per heavy atom. The van der Waals surface area contributed by atoms with Crippen LogP contribution in [0.1, 0.15) is 6.92 Å². The third-order valence-corrected chi connectivity index (χ3v) is 1.31. The predicted molar refractivity (Wildman–Crippen MR) is 37.3 cm³/mol. The van der Waals surface area contributed by atoms with Crippen LogP contribution in [0.5, 0.6) is 0 Å². The topological polar surface area (TPSA) is 66.6 Å². The summed E-state index contributed by atoms with van der Waals surface area (Å²) in [6, 6.07) is 0. The van der Waals surface area contributed by atoms with Crippen molar-refractivity contribution in [2.24, 2.45) is 0 Å². The molecule has 1 N–H and O–H groups in total. The minimum Gasteiger partial charge on any atom is -0.288 e. The molecule has 1 aliphatic rings. The monoisotopic (exact) mass is 156 g/mol. The molecule has 0 unspecified atom stereocenters. The van der Waals surface area contributed by atoms with E-state index in [1.165, 1.54) is 12.3 Å². The van der Waals surface area contributed by atoms with Gasteiger partial charge in [0.25, 0.3) is 5.70 Å². The Labute approximate surface area is 63.3 Å². The molecular formula is C6H8N2O3. The van der Waals surface area contributed by atoms with Crippen LogP contribution in [0.3, 0.4) is 0 Å². The smallest absolute Gasteiger partial charge is 0.268 e. The van der Waals surface area contributed by atoms with Crippen molar-refractivity contribution < 1.29 is 10.1 Å². The second-order valence-electron chi connectivity index (χ2n) is 2.36. The van der Waals surface area contributed by atoms with Gasteiger partial charge in [0.05, 0.1) is 4.92 Å². The van der Waals surface area contributed by atoms with E-state index in [0.29, 0.717) is 5.57 Å². The molecule has 0 aromatic heterocycles. The van der Waals surface area contributed by atoms with E-state index in [1.807, 2.05) is 0 Å². The minimum atomic E-state index is -0.500. The van der Waals surface area contributed by atoms with Crippen molar-refractivity contribution in [3.63, 3.8) is 0 Å². The van der Waals surface area contributed by atoms with E-state index in [0.717, 1.165) is 5.06 Å². The van der Waals surface area contributed by atoms with Gasteiger partial charge in [0, 0.05) is 12.3 Å². The van der Waals surface area contributed by atoms with Gasteiger partial charge in [0.2, 0.25) is 0 Å². The summed E-state index contributed by atoms with van der Waals surface area (Å²) >= 11 is 0. The molecule has 1 heterocycles. The van der Waals surface area contributed by atoms with E-state index in [9.17, 15) is 10.1 Å². The first-order valence-corrected chi connectivity index (χ1v) is 3.08. The number of rotatable bonds is 1. The molecule has 0 aromatic carbocycles. The van der Waals surface area contributed by atoms with Gasteiger partial charge in [-0.2, -0.15) is 0 Å². The van der Waals surface area contributed by atoms with Crippen LogP contribution in [0.25, 0.3) is 0 Å². The molecule has 0 spiro atoms. The van der Waals surface area contributed by atoms with Gasteiger partial charge in [-0.05, 0) is 12.5 Å². The van der Waals surface area contributed by atoms with Gasteiger partial charge in [-0.1, -0.05) is 0 Å². The van der Waals surface area contributed by atoms with Crippen molar-refractivity contribution >= 4 is 0 Å². The fourth-order valence-electron chi connectivity index (χ4n) is 0.903. The predicted octanol–water partition coefficient (Wildman–Crippen LogP) is 0.756. The second-order valence-corrected chi connectivity index (χ2v) is 2.36. The second kappa shape index (κ2) is 2.71. The van der Waals surface area contributed by atoms with Crippen molar-refractivity contribution in [3.8, 4) is 0 Å². The highest BCUT2D eigenvalue weighted by molar-refractivity contribution is 5.21. The standard InChI is InChI=1S/C6H8N2O3/c1-5-2-6(8(10)11)4-7(9)3-5/h2-3,9H,4H2,1H3. The Hall–Kier alpha value is -1.36. The summed E-state index contributed by atoms with van der Waals surface area (Å²) < 4.78 is 0. The minimum absolute atomic E-state index is 0.00694. The van der Waals surface area contributed by atoms with Crippen LogP contribution in [0.2, 0.25) is 0 Å². The molecule has 0 fully saturated rings. The van der Waals surface area contributed by atoms with Gasteiger partial charge >= 0.3 is 0 Å². The first kappa shape index (κ1) is 7.74. The lowest BCUT2D eigenvalue weighted by atomic mass is 10.2. The molecule has 5 nitrogen and oxygen atoms in total. The van der Waals surface area contributed by atoms with E-state index in [2.05, 4.69) is 0 Å². The van der Waals surface area contributed by atoms with Crippen molar-refractivity contribution in [2.75, 3.05) is 6.54 Å². The van der Waals surface area contributed by atoms with Crippen LogP contribution in [0.15, 0.2) is 23.5 Å². The Morgan fingerprint density at radius 3 is 2.91 bits per heavy atom. The third kappa shape index (κ3) is 1.78. The highest BCUT2D eigenvalue weighted by atomic mass is 16.6. The summed E-state index contributed by atoms with van der Waals surface area (Å²) in [7, 11) is 0. The van der Waals surface area contributed by atoms with E-state index in [1.54, 1.807) is 6.92 Å². The van der Waals surface area contributed by atoms with Crippen LogP contribution in [0.4, 0.5) is 0 Å². The van der Waals surface area contributed by atoms with Gasteiger partial charge in [0.1, 0.15) is 6.54 Å². The molecule has 1 aliphatic heterocycles. The largest absolute Gasteiger partial charge is 0.288 e. The lowest BCUT2D eigenvalue weighted by Gasteiger charge is -2.14. The molecular weight excluding hydrogens is 148 g/mol. The average molecular weight is 156 g/mol. The summed E-state index contributed by atoms with van der Waals surface area (Å²) in [6.07, 6.45) is 2.87. The van der Waals surface area contributed by atoms with E-state index >= 15 is 0 Å². The highest BCUT2D eigenvalue weighted by Gasteiger charge is 2.17. The van der Waals surface area contributed by atoms with Crippen molar-refractivity contribution in [2.45, 2.75) is 6.92 Å². The molecule has 5 heteroatoms. The summed E-state index contributed by atoms with van der Waals surface area (Å²) in [5, 5.41) is 19.9. The lowest BCUT2D eigenvalue weighted by Crippen LogP contribution is -2.22. The van der Waals surface area contributed by atoms with Gasteiger partial charge in [-0.15, -0.1) is 0 Å². The van der Waals surface area contributed by atoms with Gasteiger partial charge in [-0.25, -0.2) is 0 Å². The number of allylic oxidation sites excluding steroid dienone is 2. The van der Waals surface area contributed by atoms with Crippen molar-refractivity contribution in [1.29, 1.82) is 0 Å². The zero-order valence-corrected chi connectivity index (χ0v) is 6.02. The molecule has 0 aromatic rings. The molecule has 0 aliphatic carbocycles. The van der Waals surface area contributed by atoms with E-state index in [4.69, 9.17) is 5.21 Å². The van der Waals surface area contributed by atoms with Crippen LogP contribution in [-0.4, -0.2) is 21.7 Å². The Morgan fingerprint density at radius 2 is 2.45 bits per heavy atom. The number of hydroxylamine groups is 2. The highest BCUT2D eigenvalue weighted by Crippen LogP contribution is 2.11. The molecule has 0 radical (unpaired) electrons. The molecule has 0 saturated carbocycles. The zero-order valence-electron chi connectivity index (χ0n) is 6.02. The summed E-state index contributed by atoms with van der Waals surface area (Å²) in [6.45, 7) is 1.64. The van der Waals surface area contributed by atoms with Crippen molar-refractivity contribution in [3.05, 3.63) is 33.7 Å². The van der Waals surface area contributed by atoms with Crippen molar-refractivity contribution in [1.82, 2.24) is 5.06 Å². The Bertz CT molecular complexity index is 244. The molecule has 0 amide bonds. The summed E-state index contributed by atoms with van der Waals surface area (Å²) in [4.78, 5) is 9.72. The number of nitro groups is 1. The quantitative estimate of drug-likeness (QED) is 0.449. The van der Waals surface area contributed by atoms with Crippen LogP contribution >= 0.6 is 0 Å². The maximum atomic E-state index is 10.2. The Kier molecular flexibility index (Phi) is 1.91. The van der Waals surface area contributed by atoms with Gasteiger partial charge in [-0.3, -0.25) is 20.4 Å². The zero-order chi connectivity index (χ0) is 8.43. The number of hydrogen-bond donors (Lipinski definition) is 1. The maximum absolute atomic E-state index is 10.2. The van der Waals surface area contributed by atoms with E-state index < -0.39 is 4.92 Å². The molecule has 0 bridgehead atoms. The maximum Gasteiger partial charge on any atom is 0.268 e. The summed E-state index contributed by atoms with van der Waals surface area (Å²) in [5.74, 6) is 0. The molecule has 1 rings (SSSR count). The normalized spacial score (nSPS) is 17.5. The first-order chi connectivity index (χ1) is 5.09. The van der Waals surface area contributed by atoms with Crippen LogP contribution < -0.4 is 0 Å². The van der Waals surface area contributed by atoms with Gasteiger partial charge < -0.3 is 0 Å². The Balaban J connectivity index is 2.84. The van der Waals surface area contributed by atoms with Gasteiger partial charge in [0.15, 0.2) is 0 Å². The molecule has 11 heavy (non-hydrogen) atoms. The van der Waals surface area contributed by atoms with Crippen LogP contribution in [-0.2, 0) is 0 Å². The lowest BCUT2D eigenvalue weighted by molar-refractivity contribution is -0.430. The SMILES string of the molecule is CC1=CN(O)CC([N+](=O)[O-])=C1. The number of nitrogens with zero attached hydrogens (tertiary/aromatic N) is 2. The van der Waals surface area contributed by atoms with Crippen LogP contribution in [0, 0.1) is 10.1 Å². The molecule has 0 saturated heterocycles. The molecule has 0 atom stereocenters. The fourth-order valence-corrected chi connectivity index (χ4v) is 0.903. The first-order valence-electron chi connectivity index (χ1n) is 3.08. The molecule has 60 valence electrons. The average Bonchev–Trinajstić information content (AvgIpc) is 1.85. The van der Waals surface area contributed by atoms with E-state index in [-0.39, 0.29) is 12.2 Å². The summed E-state index contributed by atoms with van der Waals surface area (Å²) in [5.41, 5.74) is 0.679. The third-order valence-electron chi connectivity index (χ3n) is 1.31. The fraction of sp³-hybridized carbons (Fsp3) is 0.333.